The van der Waals surface area contributed by atoms with E-state index >= 15 is 0 Å². The highest BCUT2D eigenvalue weighted by atomic mass is 16.5. The molecule has 6 heteroatoms. The van der Waals surface area contributed by atoms with E-state index in [-0.39, 0.29) is 30.2 Å². The molecule has 0 N–H and O–H groups in total. The van der Waals surface area contributed by atoms with E-state index < -0.39 is 0 Å². The Labute approximate surface area is 162 Å². The average Bonchev–Trinajstić information content (AvgIpc) is 3.04. The molecule has 0 bridgehead atoms. The van der Waals surface area contributed by atoms with E-state index in [9.17, 15) is 9.59 Å². The van der Waals surface area contributed by atoms with E-state index in [1.165, 1.54) is 0 Å². The van der Waals surface area contributed by atoms with Crippen molar-refractivity contribution in [1.29, 1.82) is 0 Å². The molecule has 2 fully saturated rings. The maximum atomic E-state index is 13.1. The Kier molecular flexibility index (Phi) is 5.75. The Morgan fingerprint density at radius 2 is 2.07 bits per heavy atom. The van der Waals surface area contributed by atoms with Gasteiger partial charge >= 0.3 is 0 Å². The quantitative estimate of drug-likeness (QED) is 0.813. The molecule has 0 radical (unpaired) electrons. The second-order valence-electron chi connectivity index (χ2n) is 8.04. The molecule has 0 aromatic heterocycles. The molecule has 27 heavy (non-hydrogen) atoms. The predicted octanol–water partition coefficient (Wildman–Crippen LogP) is 2.30. The van der Waals surface area contributed by atoms with Crippen molar-refractivity contribution < 1.29 is 14.3 Å². The third-order valence-corrected chi connectivity index (χ3v) is 6.18. The van der Waals surface area contributed by atoms with Crippen LogP contribution >= 0.6 is 0 Å². The van der Waals surface area contributed by atoms with Crippen molar-refractivity contribution in [3.63, 3.8) is 0 Å². The second kappa shape index (κ2) is 7.89. The van der Waals surface area contributed by atoms with Gasteiger partial charge < -0.3 is 19.4 Å². The summed E-state index contributed by atoms with van der Waals surface area (Å²) < 4.78 is 5.43. The molecule has 2 aliphatic heterocycles. The van der Waals surface area contributed by atoms with Gasteiger partial charge in [-0.3, -0.25) is 9.59 Å². The number of likely N-dealkylation sites (tertiary alicyclic amines) is 1. The zero-order valence-electron chi connectivity index (χ0n) is 17.1. The van der Waals surface area contributed by atoms with E-state index in [0.29, 0.717) is 18.3 Å². The number of carbonyl (C=O) groups is 2. The first kappa shape index (κ1) is 19.7. The summed E-state index contributed by atoms with van der Waals surface area (Å²) in [5.74, 6) is 0.448. The van der Waals surface area contributed by atoms with Gasteiger partial charge in [-0.15, -0.1) is 0 Å². The van der Waals surface area contributed by atoms with Crippen molar-refractivity contribution in [2.45, 2.75) is 45.2 Å². The van der Waals surface area contributed by atoms with Crippen molar-refractivity contribution in [2.75, 3.05) is 39.2 Å². The molecule has 2 amide bonds. The molecule has 1 aromatic carbocycles. The lowest BCUT2D eigenvalue weighted by molar-refractivity contribution is -0.137. The van der Waals surface area contributed by atoms with Crippen LogP contribution in [-0.4, -0.2) is 68.0 Å². The van der Waals surface area contributed by atoms with Crippen LogP contribution < -0.4 is 9.64 Å². The normalized spacial score (nSPS) is 26.3. The minimum absolute atomic E-state index is 0.0117. The molecule has 148 valence electrons. The number of aryl methyl sites for hydroxylation is 1. The Morgan fingerprint density at radius 3 is 2.74 bits per heavy atom. The molecule has 3 atom stereocenters. The van der Waals surface area contributed by atoms with Gasteiger partial charge in [0.1, 0.15) is 5.75 Å². The zero-order valence-corrected chi connectivity index (χ0v) is 17.1. The van der Waals surface area contributed by atoms with Crippen molar-refractivity contribution >= 4 is 17.5 Å². The number of piperidine rings is 1. The van der Waals surface area contributed by atoms with E-state index in [1.54, 1.807) is 12.0 Å². The molecule has 3 unspecified atom stereocenters. The Hall–Kier alpha value is -2.08. The lowest BCUT2D eigenvalue weighted by atomic mass is 9.96. The molecule has 0 aliphatic carbocycles. The third kappa shape index (κ3) is 3.95. The van der Waals surface area contributed by atoms with Crippen molar-refractivity contribution in [1.82, 2.24) is 9.80 Å². The van der Waals surface area contributed by atoms with Gasteiger partial charge in [0.15, 0.2) is 0 Å². The van der Waals surface area contributed by atoms with Crippen LogP contribution in [0.15, 0.2) is 18.2 Å². The first-order chi connectivity index (χ1) is 12.8. The molecule has 6 nitrogen and oxygen atoms in total. The van der Waals surface area contributed by atoms with Crippen molar-refractivity contribution in [3.8, 4) is 5.75 Å². The maximum Gasteiger partial charge on any atom is 0.228 e. The summed E-state index contributed by atoms with van der Waals surface area (Å²) in [5.41, 5.74) is 1.82. The molecule has 2 heterocycles. The van der Waals surface area contributed by atoms with Gasteiger partial charge in [-0.05, 0) is 51.4 Å². The van der Waals surface area contributed by atoms with Crippen LogP contribution in [0.3, 0.4) is 0 Å². The van der Waals surface area contributed by atoms with Crippen LogP contribution in [0.1, 0.15) is 31.7 Å². The van der Waals surface area contributed by atoms with E-state index in [2.05, 4.69) is 18.9 Å². The molecule has 1 aromatic rings. The predicted molar refractivity (Wildman–Crippen MR) is 106 cm³/mol. The van der Waals surface area contributed by atoms with Gasteiger partial charge in [0.05, 0.1) is 18.7 Å². The number of hydrogen-bond donors (Lipinski definition) is 0. The van der Waals surface area contributed by atoms with Gasteiger partial charge in [-0.2, -0.15) is 0 Å². The second-order valence-corrected chi connectivity index (χ2v) is 8.04. The minimum atomic E-state index is -0.289. The first-order valence-electron chi connectivity index (χ1n) is 9.73. The van der Waals surface area contributed by atoms with Gasteiger partial charge in [-0.1, -0.05) is 6.07 Å². The van der Waals surface area contributed by atoms with E-state index in [0.717, 1.165) is 30.6 Å². The summed E-state index contributed by atoms with van der Waals surface area (Å²) in [6, 6.07) is 6.50. The summed E-state index contributed by atoms with van der Waals surface area (Å²) in [5, 5.41) is 0. The van der Waals surface area contributed by atoms with E-state index in [1.807, 2.05) is 37.1 Å². The topological polar surface area (TPSA) is 53.1 Å². The fourth-order valence-corrected chi connectivity index (χ4v) is 4.20. The molecular weight excluding hydrogens is 342 g/mol. The first-order valence-corrected chi connectivity index (χ1v) is 9.73. The fraction of sp³-hybridized carbons (Fsp3) is 0.619. The molecule has 0 spiro atoms. The molecule has 0 saturated carbocycles. The average molecular weight is 373 g/mol. The van der Waals surface area contributed by atoms with Crippen LogP contribution in [0, 0.1) is 12.8 Å². The maximum absolute atomic E-state index is 13.1. The highest BCUT2D eigenvalue weighted by Crippen LogP contribution is 2.34. The number of carbonyl (C=O) groups excluding carboxylic acids is 2. The smallest absolute Gasteiger partial charge is 0.228 e. The van der Waals surface area contributed by atoms with Gasteiger partial charge in [0.25, 0.3) is 0 Å². The van der Waals surface area contributed by atoms with Gasteiger partial charge in [-0.25, -0.2) is 0 Å². The molecular formula is C21H31N3O3. The lowest BCUT2D eigenvalue weighted by Crippen LogP contribution is -2.49. The van der Waals surface area contributed by atoms with Gasteiger partial charge in [0.2, 0.25) is 11.8 Å². The number of methoxy groups -OCH3 is 1. The Balaban J connectivity index is 1.71. The standard InChI is InChI=1S/C21H31N3O3/c1-14-6-7-19(27-5)18(10-14)24-13-16(12-20(24)25)21(26)23(4)17-8-9-22(3)15(2)11-17/h6-7,10,15-17H,8-9,11-13H2,1-5H3. The zero-order chi connectivity index (χ0) is 19.7. The van der Waals surface area contributed by atoms with Crippen LogP contribution in [-0.2, 0) is 9.59 Å². The van der Waals surface area contributed by atoms with Crippen molar-refractivity contribution in [2.24, 2.45) is 5.92 Å². The summed E-state index contributed by atoms with van der Waals surface area (Å²) in [7, 11) is 5.63. The van der Waals surface area contributed by atoms with Gasteiger partial charge in [0, 0.05) is 38.6 Å². The van der Waals surface area contributed by atoms with Crippen LogP contribution in [0.2, 0.25) is 0 Å². The van der Waals surface area contributed by atoms with Crippen LogP contribution in [0.5, 0.6) is 5.75 Å². The summed E-state index contributed by atoms with van der Waals surface area (Å²) in [4.78, 5) is 31.7. The highest BCUT2D eigenvalue weighted by Gasteiger charge is 2.39. The number of nitrogens with zero attached hydrogens (tertiary/aromatic N) is 3. The Bertz CT molecular complexity index is 721. The minimum Gasteiger partial charge on any atom is -0.495 e. The van der Waals surface area contributed by atoms with E-state index in [4.69, 9.17) is 4.74 Å². The Morgan fingerprint density at radius 1 is 1.33 bits per heavy atom. The summed E-state index contributed by atoms with van der Waals surface area (Å²) >= 11 is 0. The number of benzene rings is 1. The number of anilines is 1. The van der Waals surface area contributed by atoms with Crippen molar-refractivity contribution in [3.05, 3.63) is 23.8 Å². The number of amides is 2. The number of ether oxygens (including phenoxy) is 1. The number of hydrogen-bond acceptors (Lipinski definition) is 4. The third-order valence-electron chi connectivity index (χ3n) is 6.18. The number of rotatable bonds is 4. The molecule has 2 saturated heterocycles. The largest absolute Gasteiger partial charge is 0.495 e. The van der Waals surface area contributed by atoms with Crippen LogP contribution in [0.4, 0.5) is 5.69 Å². The highest BCUT2D eigenvalue weighted by molar-refractivity contribution is 6.01. The SMILES string of the molecule is COc1ccc(C)cc1N1CC(C(=O)N(C)C2CCN(C)C(C)C2)CC1=O. The monoisotopic (exact) mass is 373 g/mol. The summed E-state index contributed by atoms with van der Waals surface area (Å²) in [6.07, 6.45) is 2.23. The molecule has 2 aliphatic rings. The fourth-order valence-electron chi connectivity index (χ4n) is 4.20. The lowest BCUT2D eigenvalue weighted by Gasteiger charge is -2.40. The molecule has 3 rings (SSSR count). The summed E-state index contributed by atoms with van der Waals surface area (Å²) in [6.45, 7) is 5.61. The van der Waals surface area contributed by atoms with Crippen LogP contribution in [0.25, 0.3) is 0 Å².